The molecular formula is C16H25N3O2. The van der Waals surface area contributed by atoms with Crippen molar-refractivity contribution in [2.75, 3.05) is 7.05 Å². The molecular weight excluding hydrogens is 266 g/mol. The quantitative estimate of drug-likeness (QED) is 0.852. The van der Waals surface area contributed by atoms with Crippen molar-refractivity contribution in [2.45, 2.75) is 58.5 Å². The normalized spacial score (nSPS) is 17.5. The Morgan fingerprint density at radius 2 is 2.05 bits per heavy atom. The zero-order valence-corrected chi connectivity index (χ0v) is 13.2. The lowest BCUT2D eigenvalue weighted by Crippen LogP contribution is -2.43. The first-order valence-corrected chi connectivity index (χ1v) is 7.79. The summed E-state index contributed by atoms with van der Waals surface area (Å²) in [4.78, 5) is 25.9. The molecule has 1 aromatic heterocycles. The van der Waals surface area contributed by atoms with E-state index in [0.717, 1.165) is 5.69 Å². The predicted molar refractivity (Wildman–Crippen MR) is 82.0 cm³/mol. The zero-order chi connectivity index (χ0) is 15.4. The van der Waals surface area contributed by atoms with Crippen molar-refractivity contribution in [3.05, 3.63) is 28.2 Å². The minimum absolute atomic E-state index is 0.0219. The number of aryl methyl sites for hydroxylation is 1. The number of hydrogen-bond acceptors (Lipinski definition) is 3. The fraction of sp³-hybridized carbons (Fsp3) is 0.688. The summed E-state index contributed by atoms with van der Waals surface area (Å²) in [6.45, 7) is 3.95. The van der Waals surface area contributed by atoms with Crippen LogP contribution < -0.4 is 5.56 Å². The lowest BCUT2D eigenvalue weighted by molar-refractivity contribution is -0.133. The van der Waals surface area contributed by atoms with Crippen molar-refractivity contribution in [1.29, 1.82) is 0 Å². The molecule has 1 fully saturated rings. The molecule has 1 atom stereocenters. The highest BCUT2D eigenvalue weighted by atomic mass is 16.2. The van der Waals surface area contributed by atoms with Crippen LogP contribution in [0, 0.1) is 12.8 Å². The van der Waals surface area contributed by atoms with Crippen LogP contribution >= 0.6 is 0 Å². The van der Waals surface area contributed by atoms with Gasteiger partial charge in [0, 0.05) is 19.2 Å². The average Bonchev–Trinajstić information content (AvgIpc) is 2.50. The van der Waals surface area contributed by atoms with E-state index in [9.17, 15) is 9.59 Å². The molecule has 5 heteroatoms. The van der Waals surface area contributed by atoms with Crippen LogP contribution in [0.15, 0.2) is 16.9 Å². The van der Waals surface area contributed by atoms with Crippen molar-refractivity contribution in [2.24, 2.45) is 5.92 Å². The summed E-state index contributed by atoms with van der Waals surface area (Å²) in [5.74, 6) is 0.531. The van der Waals surface area contributed by atoms with E-state index in [2.05, 4.69) is 12.0 Å². The highest BCUT2D eigenvalue weighted by Crippen LogP contribution is 2.28. The van der Waals surface area contributed by atoms with Crippen molar-refractivity contribution in [1.82, 2.24) is 14.7 Å². The maximum atomic E-state index is 12.4. The van der Waals surface area contributed by atoms with Gasteiger partial charge in [-0.3, -0.25) is 9.59 Å². The van der Waals surface area contributed by atoms with E-state index in [1.807, 2.05) is 14.0 Å². The first-order valence-electron chi connectivity index (χ1n) is 7.79. The molecule has 5 nitrogen and oxygen atoms in total. The van der Waals surface area contributed by atoms with Gasteiger partial charge in [-0.1, -0.05) is 19.3 Å². The lowest BCUT2D eigenvalue weighted by atomic mass is 9.84. The van der Waals surface area contributed by atoms with Gasteiger partial charge in [0.1, 0.15) is 6.54 Å². The number of carbonyl (C=O) groups is 1. The molecule has 0 radical (unpaired) electrons. The maximum absolute atomic E-state index is 12.4. The number of hydrogen-bond donors (Lipinski definition) is 0. The summed E-state index contributed by atoms with van der Waals surface area (Å²) < 4.78 is 1.25. The van der Waals surface area contributed by atoms with Crippen molar-refractivity contribution < 1.29 is 4.79 Å². The molecule has 0 bridgehead atoms. The Hall–Kier alpha value is -1.65. The van der Waals surface area contributed by atoms with Gasteiger partial charge in [-0.05, 0) is 38.7 Å². The van der Waals surface area contributed by atoms with Gasteiger partial charge in [-0.25, -0.2) is 4.68 Å². The molecule has 0 aromatic carbocycles. The molecule has 1 saturated carbocycles. The minimum atomic E-state index is -0.229. The summed E-state index contributed by atoms with van der Waals surface area (Å²) in [7, 11) is 1.84. The number of nitrogens with zero attached hydrogens (tertiary/aromatic N) is 3. The highest BCUT2D eigenvalue weighted by Gasteiger charge is 2.26. The van der Waals surface area contributed by atoms with E-state index in [4.69, 9.17) is 0 Å². The fourth-order valence-corrected chi connectivity index (χ4v) is 3.06. The van der Waals surface area contributed by atoms with Gasteiger partial charge in [-0.2, -0.15) is 5.10 Å². The van der Waals surface area contributed by atoms with Gasteiger partial charge < -0.3 is 4.90 Å². The number of amides is 1. The fourth-order valence-electron chi connectivity index (χ4n) is 3.06. The molecule has 1 heterocycles. The Labute approximate surface area is 126 Å². The van der Waals surface area contributed by atoms with E-state index >= 15 is 0 Å². The topological polar surface area (TPSA) is 55.2 Å². The van der Waals surface area contributed by atoms with Crippen LogP contribution in [0.5, 0.6) is 0 Å². The molecule has 21 heavy (non-hydrogen) atoms. The van der Waals surface area contributed by atoms with Crippen LogP contribution in [0.25, 0.3) is 0 Å². The van der Waals surface area contributed by atoms with Crippen LogP contribution in [0.2, 0.25) is 0 Å². The molecule has 1 amide bonds. The Morgan fingerprint density at radius 1 is 1.38 bits per heavy atom. The Balaban J connectivity index is 2.01. The molecule has 1 aliphatic rings. The lowest BCUT2D eigenvalue weighted by Gasteiger charge is -2.34. The van der Waals surface area contributed by atoms with Gasteiger partial charge in [0.25, 0.3) is 5.56 Å². The van der Waals surface area contributed by atoms with Crippen molar-refractivity contribution >= 4 is 5.91 Å². The molecule has 0 N–H and O–H groups in total. The monoisotopic (exact) mass is 291 g/mol. The van der Waals surface area contributed by atoms with Crippen LogP contribution in [-0.2, 0) is 11.3 Å². The molecule has 2 rings (SSSR count). The average molecular weight is 291 g/mol. The largest absolute Gasteiger partial charge is 0.341 e. The standard InChI is InChI=1S/C16H25N3O2/c1-12-9-10-15(20)19(17-12)11-16(21)18(3)13(2)14-7-5-4-6-8-14/h9-10,13-14H,4-8,11H2,1-3H3. The summed E-state index contributed by atoms with van der Waals surface area (Å²) in [5.41, 5.74) is 0.512. The van der Waals surface area contributed by atoms with Gasteiger partial charge in [0.15, 0.2) is 0 Å². The van der Waals surface area contributed by atoms with Gasteiger partial charge in [-0.15, -0.1) is 0 Å². The van der Waals surface area contributed by atoms with Gasteiger partial charge in [0.05, 0.1) is 5.69 Å². The number of carbonyl (C=O) groups excluding carboxylic acids is 1. The molecule has 0 aliphatic heterocycles. The highest BCUT2D eigenvalue weighted by molar-refractivity contribution is 5.75. The third-order valence-electron chi connectivity index (χ3n) is 4.62. The Kier molecular flexibility index (Phi) is 5.15. The third kappa shape index (κ3) is 3.93. The van der Waals surface area contributed by atoms with E-state index in [1.54, 1.807) is 11.0 Å². The summed E-state index contributed by atoms with van der Waals surface area (Å²) >= 11 is 0. The molecule has 116 valence electrons. The van der Waals surface area contributed by atoms with Gasteiger partial charge in [0.2, 0.25) is 5.91 Å². The van der Waals surface area contributed by atoms with E-state index in [1.165, 1.54) is 42.9 Å². The second kappa shape index (κ2) is 6.87. The molecule has 1 unspecified atom stereocenters. The number of rotatable bonds is 4. The SMILES string of the molecule is Cc1ccc(=O)n(CC(=O)N(C)C(C)C2CCCCC2)n1. The smallest absolute Gasteiger partial charge is 0.267 e. The van der Waals surface area contributed by atoms with E-state index in [0.29, 0.717) is 5.92 Å². The first kappa shape index (κ1) is 15.7. The zero-order valence-electron chi connectivity index (χ0n) is 13.2. The molecule has 1 aromatic rings. The Bertz CT molecular complexity index is 547. The van der Waals surface area contributed by atoms with Gasteiger partial charge >= 0.3 is 0 Å². The summed E-state index contributed by atoms with van der Waals surface area (Å²) in [6.07, 6.45) is 6.22. The molecule has 0 spiro atoms. The Morgan fingerprint density at radius 3 is 2.71 bits per heavy atom. The summed E-state index contributed by atoms with van der Waals surface area (Å²) in [6, 6.07) is 3.34. The third-order valence-corrected chi connectivity index (χ3v) is 4.62. The maximum Gasteiger partial charge on any atom is 0.267 e. The first-order chi connectivity index (χ1) is 9.99. The minimum Gasteiger partial charge on any atom is -0.341 e. The van der Waals surface area contributed by atoms with Crippen LogP contribution in [0.4, 0.5) is 0 Å². The summed E-state index contributed by atoms with van der Waals surface area (Å²) in [5, 5.41) is 4.12. The number of likely N-dealkylation sites (N-methyl/N-ethyl adjacent to an activating group) is 1. The van der Waals surface area contributed by atoms with Crippen LogP contribution in [0.1, 0.15) is 44.7 Å². The second-order valence-corrected chi connectivity index (χ2v) is 6.11. The molecule has 1 aliphatic carbocycles. The van der Waals surface area contributed by atoms with Crippen molar-refractivity contribution in [3.63, 3.8) is 0 Å². The van der Waals surface area contributed by atoms with Crippen molar-refractivity contribution in [3.8, 4) is 0 Å². The van der Waals surface area contributed by atoms with Crippen LogP contribution in [0.3, 0.4) is 0 Å². The second-order valence-electron chi connectivity index (χ2n) is 6.11. The molecule has 0 saturated heterocycles. The van der Waals surface area contributed by atoms with E-state index in [-0.39, 0.29) is 24.1 Å². The predicted octanol–water partition coefficient (Wildman–Crippen LogP) is 1.98. The van der Waals surface area contributed by atoms with E-state index < -0.39 is 0 Å². The van der Waals surface area contributed by atoms with Crippen LogP contribution in [-0.4, -0.2) is 33.7 Å². The number of aromatic nitrogens is 2.